The van der Waals surface area contributed by atoms with Crippen LogP contribution in [0.4, 0.5) is 21.8 Å². The van der Waals surface area contributed by atoms with Crippen LogP contribution in [0.15, 0.2) is 42.6 Å². The first-order chi connectivity index (χ1) is 18.8. The highest BCUT2D eigenvalue weighted by atomic mass is 19.1. The van der Waals surface area contributed by atoms with Gasteiger partial charge in [-0.15, -0.1) is 0 Å². The zero-order chi connectivity index (χ0) is 28.2. The van der Waals surface area contributed by atoms with Gasteiger partial charge in [0.25, 0.3) is 0 Å². The van der Waals surface area contributed by atoms with Gasteiger partial charge in [0, 0.05) is 58.4 Å². The van der Waals surface area contributed by atoms with Crippen molar-refractivity contribution < 1.29 is 18.7 Å². The van der Waals surface area contributed by atoms with Crippen LogP contribution < -0.4 is 16.0 Å². The molecule has 1 aliphatic rings. The second kappa shape index (κ2) is 14.8. The molecule has 2 aromatic rings. The molecule has 0 spiro atoms. The van der Waals surface area contributed by atoms with Crippen molar-refractivity contribution in [2.75, 3.05) is 58.5 Å². The van der Waals surface area contributed by atoms with Crippen LogP contribution >= 0.6 is 0 Å². The van der Waals surface area contributed by atoms with Crippen molar-refractivity contribution in [3.63, 3.8) is 0 Å². The van der Waals surface area contributed by atoms with E-state index >= 15 is 0 Å². The van der Waals surface area contributed by atoms with Gasteiger partial charge in [-0.25, -0.2) is 9.37 Å². The summed E-state index contributed by atoms with van der Waals surface area (Å²) in [5.41, 5.74) is 1.31. The van der Waals surface area contributed by atoms with E-state index in [-0.39, 0.29) is 23.7 Å². The molecule has 39 heavy (non-hydrogen) atoms. The third-order valence-electron chi connectivity index (χ3n) is 6.04. The number of aromatic nitrogens is 2. The summed E-state index contributed by atoms with van der Waals surface area (Å²) in [5, 5.41) is 8.96. The fourth-order valence-corrected chi connectivity index (χ4v) is 3.97. The van der Waals surface area contributed by atoms with Gasteiger partial charge in [-0.3, -0.25) is 9.59 Å². The van der Waals surface area contributed by atoms with Crippen LogP contribution in [0.5, 0.6) is 0 Å². The molecule has 0 aliphatic carbocycles. The Balaban J connectivity index is 1.49. The third kappa shape index (κ3) is 9.05. The summed E-state index contributed by atoms with van der Waals surface area (Å²) in [7, 11) is 7.18. The number of carbonyl (C=O) groups excluding carboxylic acids is 2. The van der Waals surface area contributed by atoms with Crippen molar-refractivity contribution in [1.82, 2.24) is 25.1 Å². The maximum atomic E-state index is 13.1. The largest absolute Gasteiger partial charge is 0.380 e. The molecule has 1 fully saturated rings. The molecular weight excluding hydrogens is 501 g/mol. The van der Waals surface area contributed by atoms with Crippen molar-refractivity contribution in [2.45, 2.75) is 31.4 Å². The van der Waals surface area contributed by atoms with Gasteiger partial charge in [-0.05, 0) is 44.8 Å². The molecule has 2 atom stereocenters. The zero-order valence-corrected chi connectivity index (χ0v) is 22.8. The molecule has 10 nitrogen and oxygen atoms in total. The number of likely N-dealkylation sites (N-methyl/N-ethyl adjacent to an activating group) is 1. The van der Waals surface area contributed by atoms with Gasteiger partial charge in [-0.1, -0.05) is 17.9 Å². The summed E-state index contributed by atoms with van der Waals surface area (Å²) in [6, 6.07) is 5.36. The average Bonchev–Trinajstić information content (AvgIpc) is 3.37. The third-order valence-corrected chi connectivity index (χ3v) is 6.04. The quantitative estimate of drug-likeness (QED) is 0.228. The van der Waals surface area contributed by atoms with Gasteiger partial charge in [-0.2, -0.15) is 4.98 Å². The Kier molecular flexibility index (Phi) is 11.2. The van der Waals surface area contributed by atoms with Crippen LogP contribution in [0, 0.1) is 17.7 Å². The predicted molar refractivity (Wildman–Crippen MR) is 149 cm³/mol. The van der Waals surface area contributed by atoms with Crippen molar-refractivity contribution in [2.24, 2.45) is 0 Å². The molecule has 11 heteroatoms. The van der Waals surface area contributed by atoms with Gasteiger partial charge in [0.2, 0.25) is 17.8 Å². The van der Waals surface area contributed by atoms with Gasteiger partial charge in [0.05, 0.1) is 17.9 Å². The van der Waals surface area contributed by atoms with E-state index < -0.39 is 6.04 Å². The molecule has 3 N–H and O–H groups in total. The summed E-state index contributed by atoms with van der Waals surface area (Å²) in [5.74, 6) is 6.38. The standard InChI is InChI=1S/C28H36FN7O3/c1-30-26-20(18-32-28(34-26)33-22-13-11-21(29)12-14-22)9-6-5-7-15-31-27(38)24-17-23(39-4)19-36(24)25(37)10-8-16-35(2)3/h8,10-14,18,23-24H,5,7,15-17,19H2,1-4H3,(H,31,38)(H2,30,32,33,34)/b10-8+/t23-,24+/m1/s1. The molecule has 0 radical (unpaired) electrons. The van der Waals surface area contributed by atoms with E-state index in [2.05, 4.69) is 37.8 Å². The minimum absolute atomic E-state index is 0.168. The fourth-order valence-electron chi connectivity index (χ4n) is 3.97. The number of anilines is 3. The number of carbonyl (C=O) groups is 2. The number of hydrogen-bond donors (Lipinski definition) is 3. The molecule has 208 valence electrons. The highest BCUT2D eigenvalue weighted by Gasteiger charge is 2.38. The number of benzene rings is 1. The normalized spacial score (nSPS) is 16.7. The SMILES string of the molecule is CNc1nc(Nc2ccc(F)cc2)ncc1C#CCCCNC(=O)[C@@H]1C[C@@H](OC)CN1C(=O)/C=C/CN(C)C. The van der Waals surface area contributed by atoms with Crippen LogP contribution in [-0.2, 0) is 14.3 Å². The number of rotatable bonds is 11. The first kappa shape index (κ1) is 29.5. The van der Waals surface area contributed by atoms with Gasteiger partial charge in [0.15, 0.2) is 0 Å². The van der Waals surface area contributed by atoms with Gasteiger partial charge < -0.3 is 30.5 Å². The highest BCUT2D eigenvalue weighted by Crippen LogP contribution is 2.21. The monoisotopic (exact) mass is 537 g/mol. The number of hydrogen-bond acceptors (Lipinski definition) is 8. The topological polar surface area (TPSA) is 112 Å². The molecule has 0 bridgehead atoms. The summed E-state index contributed by atoms with van der Waals surface area (Å²) in [6.45, 7) is 1.47. The van der Waals surface area contributed by atoms with Crippen LogP contribution in [0.2, 0.25) is 0 Å². The van der Waals surface area contributed by atoms with Crippen LogP contribution in [0.1, 0.15) is 24.8 Å². The van der Waals surface area contributed by atoms with Crippen molar-refractivity contribution in [1.29, 1.82) is 0 Å². The minimum Gasteiger partial charge on any atom is -0.380 e. The van der Waals surface area contributed by atoms with Crippen LogP contribution in [-0.4, -0.2) is 91.6 Å². The Morgan fingerprint density at radius 2 is 2.05 bits per heavy atom. The molecule has 1 aromatic heterocycles. The zero-order valence-electron chi connectivity index (χ0n) is 22.8. The van der Waals surface area contributed by atoms with E-state index in [0.717, 1.165) is 0 Å². The molecule has 1 aromatic carbocycles. The maximum Gasteiger partial charge on any atom is 0.247 e. The van der Waals surface area contributed by atoms with Crippen LogP contribution in [0.25, 0.3) is 0 Å². The summed E-state index contributed by atoms with van der Waals surface area (Å²) in [6.07, 6.45) is 6.42. The number of unbranched alkanes of at least 4 members (excludes halogenated alkanes) is 1. The number of halogens is 1. The maximum absolute atomic E-state index is 13.1. The summed E-state index contributed by atoms with van der Waals surface area (Å²) >= 11 is 0. The smallest absolute Gasteiger partial charge is 0.247 e. The number of nitrogens with zero attached hydrogens (tertiary/aromatic N) is 4. The van der Waals surface area contributed by atoms with Gasteiger partial charge >= 0.3 is 0 Å². The molecule has 3 rings (SSSR count). The van der Waals surface area contributed by atoms with Gasteiger partial charge in [0.1, 0.15) is 17.7 Å². The Hall–Kier alpha value is -4.01. The summed E-state index contributed by atoms with van der Waals surface area (Å²) < 4.78 is 18.5. The molecule has 2 heterocycles. The molecule has 2 amide bonds. The lowest BCUT2D eigenvalue weighted by molar-refractivity contribution is -0.135. The minimum atomic E-state index is -0.560. The van der Waals surface area contributed by atoms with E-state index in [4.69, 9.17) is 4.74 Å². The van der Waals surface area contributed by atoms with E-state index in [1.807, 2.05) is 19.0 Å². The lowest BCUT2D eigenvalue weighted by Gasteiger charge is -2.22. The first-order valence-corrected chi connectivity index (χ1v) is 12.8. The molecule has 1 aliphatic heterocycles. The Bertz CT molecular complexity index is 1210. The number of nitrogens with one attached hydrogen (secondary N) is 3. The second-order valence-electron chi connectivity index (χ2n) is 9.30. The molecule has 0 unspecified atom stereocenters. The van der Waals surface area contributed by atoms with Crippen molar-refractivity contribution >= 4 is 29.3 Å². The molecular formula is C28H36FN7O3. The molecule has 0 saturated carbocycles. The fraction of sp³-hybridized carbons (Fsp3) is 0.429. The van der Waals surface area contributed by atoms with Crippen molar-refractivity contribution in [3.8, 4) is 11.8 Å². The number of amides is 2. The number of ether oxygens (including phenoxy) is 1. The van der Waals surface area contributed by atoms with Crippen LogP contribution in [0.3, 0.4) is 0 Å². The number of likely N-dealkylation sites (tertiary alicyclic amines) is 1. The predicted octanol–water partition coefficient (Wildman–Crippen LogP) is 2.38. The van der Waals surface area contributed by atoms with E-state index in [0.29, 0.717) is 61.9 Å². The highest BCUT2D eigenvalue weighted by molar-refractivity contribution is 5.93. The van der Waals surface area contributed by atoms with Crippen molar-refractivity contribution in [3.05, 3.63) is 54.0 Å². The summed E-state index contributed by atoms with van der Waals surface area (Å²) in [4.78, 5) is 37.7. The second-order valence-corrected chi connectivity index (χ2v) is 9.30. The van der Waals surface area contributed by atoms with E-state index in [9.17, 15) is 14.0 Å². The Morgan fingerprint density at radius 3 is 2.74 bits per heavy atom. The Labute approximate surface area is 229 Å². The molecule has 1 saturated heterocycles. The van der Waals surface area contributed by atoms with E-state index in [1.54, 1.807) is 43.5 Å². The lowest BCUT2D eigenvalue weighted by Crippen LogP contribution is -2.45. The Morgan fingerprint density at radius 1 is 1.28 bits per heavy atom. The lowest BCUT2D eigenvalue weighted by atomic mass is 10.1. The average molecular weight is 538 g/mol. The number of methoxy groups -OCH3 is 1. The van der Waals surface area contributed by atoms with E-state index in [1.165, 1.54) is 18.2 Å². The first-order valence-electron chi connectivity index (χ1n) is 12.8.